The van der Waals surface area contributed by atoms with Crippen LogP contribution < -0.4 is 0 Å². The van der Waals surface area contributed by atoms with Crippen LogP contribution in [0.25, 0.3) is 0 Å². The van der Waals surface area contributed by atoms with Gasteiger partial charge in [-0.2, -0.15) is 0 Å². The van der Waals surface area contributed by atoms with Gasteiger partial charge < -0.3 is 0 Å². The number of ketones is 1. The van der Waals surface area contributed by atoms with Crippen molar-refractivity contribution in [2.75, 3.05) is 0 Å². The summed E-state index contributed by atoms with van der Waals surface area (Å²) in [4.78, 5) is 11.0. The quantitative estimate of drug-likeness (QED) is 0.507. The Morgan fingerprint density at radius 2 is 2.30 bits per heavy atom. The standard InChI is InChI=1S/C9H14O/c1-3-4-8-5-6-9(10)7(8)2/h3-4,7-8H,5-6H2,1-2H3/b4-3+/t7-,8+/m0/s1. The first kappa shape index (κ1) is 7.52. The van der Waals surface area contributed by atoms with E-state index in [2.05, 4.69) is 6.08 Å². The van der Waals surface area contributed by atoms with Crippen LogP contribution in [-0.4, -0.2) is 5.78 Å². The molecular formula is C9H14O. The van der Waals surface area contributed by atoms with E-state index in [0.29, 0.717) is 11.7 Å². The molecule has 0 radical (unpaired) electrons. The summed E-state index contributed by atoms with van der Waals surface area (Å²) in [5.41, 5.74) is 0. The van der Waals surface area contributed by atoms with Gasteiger partial charge in [-0.15, -0.1) is 0 Å². The van der Waals surface area contributed by atoms with E-state index in [4.69, 9.17) is 0 Å². The third-order valence-electron chi connectivity index (χ3n) is 2.31. The Balaban J connectivity index is 2.57. The molecule has 0 amide bonds. The van der Waals surface area contributed by atoms with Crippen LogP contribution in [0.3, 0.4) is 0 Å². The maximum atomic E-state index is 11.0. The van der Waals surface area contributed by atoms with E-state index >= 15 is 0 Å². The van der Waals surface area contributed by atoms with E-state index in [9.17, 15) is 4.79 Å². The van der Waals surface area contributed by atoms with Crippen molar-refractivity contribution in [2.24, 2.45) is 11.8 Å². The number of carbonyl (C=O) groups is 1. The molecule has 1 nitrogen and oxygen atoms in total. The lowest BCUT2D eigenvalue weighted by molar-refractivity contribution is -0.120. The lowest BCUT2D eigenvalue weighted by atomic mass is 9.97. The van der Waals surface area contributed by atoms with Gasteiger partial charge in [-0.1, -0.05) is 19.1 Å². The van der Waals surface area contributed by atoms with Gasteiger partial charge >= 0.3 is 0 Å². The second kappa shape index (κ2) is 3.00. The van der Waals surface area contributed by atoms with Gasteiger partial charge in [0, 0.05) is 12.3 Å². The molecule has 0 aromatic rings. The maximum Gasteiger partial charge on any atom is 0.136 e. The topological polar surface area (TPSA) is 17.1 Å². The van der Waals surface area contributed by atoms with Crippen LogP contribution >= 0.6 is 0 Å². The molecule has 0 bridgehead atoms. The molecule has 1 heteroatoms. The van der Waals surface area contributed by atoms with Crippen molar-refractivity contribution in [2.45, 2.75) is 26.7 Å². The Morgan fingerprint density at radius 1 is 1.60 bits per heavy atom. The Morgan fingerprint density at radius 3 is 2.70 bits per heavy atom. The fourth-order valence-electron chi connectivity index (χ4n) is 1.54. The fraction of sp³-hybridized carbons (Fsp3) is 0.667. The van der Waals surface area contributed by atoms with Crippen LogP contribution in [0.15, 0.2) is 12.2 Å². The third kappa shape index (κ3) is 1.28. The number of hydrogen-bond acceptors (Lipinski definition) is 1. The van der Waals surface area contributed by atoms with Gasteiger partial charge in [-0.25, -0.2) is 0 Å². The van der Waals surface area contributed by atoms with Gasteiger partial charge in [-0.05, 0) is 19.3 Å². The highest BCUT2D eigenvalue weighted by Crippen LogP contribution is 2.28. The average Bonchev–Trinajstić information content (AvgIpc) is 2.20. The summed E-state index contributed by atoms with van der Waals surface area (Å²) in [6.07, 6.45) is 6.04. The molecule has 0 aromatic heterocycles. The van der Waals surface area contributed by atoms with Crippen LogP contribution in [0.5, 0.6) is 0 Å². The van der Waals surface area contributed by atoms with Gasteiger partial charge in [0.25, 0.3) is 0 Å². The molecule has 0 aliphatic heterocycles. The minimum absolute atomic E-state index is 0.274. The average molecular weight is 138 g/mol. The SMILES string of the molecule is C/C=C/[C@@H]1CCC(=O)[C@H]1C. The highest BCUT2D eigenvalue weighted by atomic mass is 16.1. The molecule has 0 aromatic carbocycles. The number of hydrogen-bond donors (Lipinski definition) is 0. The predicted molar refractivity (Wildman–Crippen MR) is 41.7 cm³/mol. The van der Waals surface area contributed by atoms with Crippen LogP contribution in [0.2, 0.25) is 0 Å². The van der Waals surface area contributed by atoms with Crippen molar-refractivity contribution >= 4 is 5.78 Å². The highest BCUT2D eigenvalue weighted by molar-refractivity contribution is 5.83. The summed E-state index contributed by atoms with van der Waals surface area (Å²) < 4.78 is 0. The molecule has 1 saturated carbocycles. The molecule has 56 valence electrons. The molecule has 0 heterocycles. The van der Waals surface area contributed by atoms with Gasteiger partial charge in [-0.3, -0.25) is 4.79 Å². The van der Waals surface area contributed by atoms with Gasteiger partial charge in [0.2, 0.25) is 0 Å². The molecule has 1 aliphatic carbocycles. The molecule has 1 fully saturated rings. The van der Waals surface area contributed by atoms with E-state index in [1.165, 1.54) is 0 Å². The van der Waals surface area contributed by atoms with Crippen LogP contribution in [0.4, 0.5) is 0 Å². The Bertz CT molecular complexity index is 158. The van der Waals surface area contributed by atoms with E-state index in [1.54, 1.807) is 0 Å². The molecule has 10 heavy (non-hydrogen) atoms. The number of Topliss-reactive ketones (excluding diaryl/α,β-unsaturated/α-hetero) is 1. The first-order valence-corrected chi connectivity index (χ1v) is 3.91. The second-order valence-electron chi connectivity index (χ2n) is 2.98. The Kier molecular flexibility index (Phi) is 2.25. The first-order valence-electron chi connectivity index (χ1n) is 3.91. The van der Waals surface area contributed by atoms with Gasteiger partial charge in [0.15, 0.2) is 0 Å². The summed E-state index contributed by atoms with van der Waals surface area (Å²) in [7, 11) is 0. The summed E-state index contributed by atoms with van der Waals surface area (Å²) >= 11 is 0. The molecule has 0 saturated heterocycles. The fourth-order valence-corrected chi connectivity index (χ4v) is 1.54. The summed E-state index contributed by atoms with van der Waals surface area (Å²) in [6.45, 7) is 4.04. The zero-order valence-corrected chi connectivity index (χ0v) is 6.63. The van der Waals surface area contributed by atoms with E-state index in [1.807, 2.05) is 19.9 Å². The zero-order valence-electron chi connectivity index (χ0n) is 6.63. The largest absolute Gasteiger partial charge is 0.299 e. The summed E-state index contributed by atoms with van der Waals surface area (Å²) in [5.74, 6) is 1.23. The summed E-state index contributed by atoms with van der Waals surface area (Å²) in [6, 6.07) is 0. The lowest BCUT2D eigenvalue weighted by Gasteiger charge is -2.06. The minimum Gasteiger partial charge on any atom is -0.299 e. The maximum absolute atomic E-state index is 11.0. The van der Waals surface area contributed by atoms with Crippen molar-refractivity contribution in [3.8, 4) is 0 Å². The summed E-state index contributed by atoms with van der Waals surface area (Å²) in [5, 5.41) is 0. The zero-order chi connectivity index (χ0) is 7.56. The van der Waals surface area contributed by atoms with E-state index in [0.717, 1.165) is 12.8 Å². The van der Waals surface area contributed by atoms with Gasteiger partial charge in [0.1, 0.15) is 5.78 Å². The third-order valence-corrected chi connectivity index (χ3v) is 2.31. The van der Waals surface area contributed by atoms with Crippen LogP contribution in [0, 0.1) is 11.8 Å². The first-order chi connectivity index (χ1) is 4.75. The molecule has 0 unspecified atom stereocenters. The van der Waals surface area contributed by atoms with Crippen molar-refractivity contribution in [1.29, 1.82) is 0 Å². The molecule has 0 N–H and O–H groups in total. The molecule has 1 rings (SSSR count). The second-order valence-corrected chi connectivity index (χ2v) is 2.98. The van der Waals surface area contributed by atoms with Gasteiger partial charge in [0.05, 0.1) is 0 Å². The molecular weight excluding hydrogens is 124 g/mol. The van der Waals surface area contributed by atoms with Crippen LogP contribution in [0.1, 0.15) is 26.7 Å². The Labute approximate surface area is 62.1 Å². The number of carbonyl (C=O) groups excluding carboxylic acids is 1. The normalized spacial score (nSPS) is 34.0. The van der Waals surface area contributed by atoms with Crippen molar-refractivity contribution < 1.29 is 4.79 Å². The highest BCUT2D eigenvalue weighted by Gasteiger charge is 2.28. The minimum atomic E-state index is 0.274. The number of allylic oxidation sites excluding steroid dienone is 2. The molecule has 1 aliphatic rings. The smallest absolute Gasteiger partial charge is 0.136 e. The molecule has 0 spiro atoms. The van der Waals surface area contributed by atoms with Crippen molar-refractivity contribution in [3.05, 3.63) is 12.2 Å². The van der Waals surface area contributed by atoms with E-state index in [-0.39, 0.29) is 5.92 Å². The van der Waals surface area contributed by atoms with E-state index < -0.39 is 0 Å². The number of rotatable bonds is 1. The monoisotopic (exact) mass is 138 g/mol. The Hall–Kier alpha value is -0.590. The lowest BCUT2D eigenvalue weighted by Crippen LogP contribution is -2.07. The van der Waals surface area contributed by atoms with Crippen molar-refractivity contribution in [1.82, 2.24) is 0 Å². The van der Waals surface area contributed by atoms with Crippen LogP contribution in [-0.2, 0) is 4.79 Å². The predicted octanol–water partition coefficient (Wildman–Crippen LogP) is 2.18. The molecule has 2 atom stereocenters. The van der Waals surface area contributed by atoms with Crippen molar-refractivity contribution in [3.63, 3.8) is 0 Å².